The summed E-state index contributed by atoms with van der Waals surface area (Å²) in [5.74, 6) is -0.361. The number of alkyl halides is 1. The number of carbonyl (C=O) groups is 1. The van der Waals surface area contributed by atoms with Crippen molar-refractivity contribution in [2.24, 2.45) is 0 Å². The fourth-order valence-corrected chi connectivity index (χ4v) is 3.52. The molecule has 1 aromatic carbocycles. The molecule has 1 atom stereocenters. The molecule has 0 radical (unpaired) electrons. The van der Waals surface area contributed by atoms with Crippen LogP contribution in [0, 0.1) is 0 Å². The van der Waals surface area contributed by atoms with Crippen LogP contribution in [-0.4, -0.2) is 33.8 Å². The van der Waals surface area contributed by atoms with Gasteiger partial charge in [0, 0.05) is 11.8 Å². The van der Waals surface area contributed by atoms with Crippen molar-refractivity contribution in [3.05, 3.63) is 35.9 Å². The molecule has 0 aliphatic carbocycles. The lowest BCUT2D eigenvalue weighted by molar-refractivity contribution is -0.149. The summed E-state index contributed by atoms with van der Waals surface area (Å²) in [5, 5.41) is 0.267. The van der Waals surface area contributed by atoms with E-state index in [1.807, 2.05) is 6.07 Å². The van der Waals surface area contributed by atoms with Gasteiger partial charge in [0.05, 0.1) is 6.61 Å². The first-order valence-electron chi connectivity index (χ1n) is 9.90. The van der Waals surface area contributed by atoms with E-state index in [4.69, 9.17) is 14.5 Å². The fraction of sp³-hybridized carbons (Fsp3) is 0.650. The average molecular weight is 479 g/mol. The van der Waals surface area contributed by atoms with Crippen LogP contribution in [0.25, 0.3) is 0 Å². The quantitative estimate of drug-likeness (QED) is 0.147. The molecule has 0 aliphatic rings. The maximum absolute atomic E-state index is 11.8. The van der Waals surface area contributed by atoms with Gasteiger partial charge in [-0.2, -0.15) is 0 Å². The highest BCUT2D eigenvalue weighted by Gasteiger charge is 2.20. The smallest absolute Gasteiger partial charge is 0.459 e. The van der Waals surface area contributed by atoms with Crippen LogP contribution in [-0.2, 0) is 25.0 Å². The number of phosphoric acid groups is 1. The number of carbonyl (C=O) groups excluding carboxylic acids is 1. The molecule has 0 amide bonds. The highest BCUT2D eigenvalue weighted by atomic mass is 79.9. The number of rotatable bonds is 16. The molecular formula is C20H32BrO6P. The summed E-state index contributed by atoms with van der Waals surface area (Å²) in [5.41, 5.74) is 1.41. The van der Waals surface area contributed by atoms with E-state index in [1.165, 1.54) is 37.7 Å². The Hall–Kier alpha value is -0.720. The third kappa shape index (κ3) is 14.3. The number of esters is 1. The van der Waals surface area contributed by atoms with Gasteiger partial charge in [0.1, 0.15) is 6.10 Å². The average Bonchev–Trinajstić information content (AvgIpc) is 2.66. The van der Waals surface area contributed by atoms with Gasteiger partial charge in [0.25, 0.3) is 0 Å². The summed E-state index contributed by atoms with van der Waals surface area (Å²) in [6.07, 6.45) is 9.77. The van der Waals surface area contributed by atoms with Crippen molar-refractivity contribution < 1.29 is 28.4 Å². The van der Waals surface area contributed by atoms with E-state index in [0.717, 1.165) is 25.7 Å². The number of hydrogen-bond donors (Lipinski definition) is 2. The van der Waals surface area contributed by atoms with Crippen molar-refractivity contribution in [2.45, 2.75) is 70.3 Å². The minimum Gasteiger partial charge on any atom is -0.459 e. The van der Waals surface area contributed by atoms with Gasteiger partial charge in [-0.05, 0) is 24.8 Å². The summed E-state index contributed by atoms with van der Waals surface area (Å²) in [4.78, 5) is 29.1. The molecular weight excluding hydrogens is 447 g/mol. The first-order chi connectivity index (χ1) is 13.4. The molecule has 2 N–H and O–H groups in total. The first kappa shape index (κ1) is 25.3. The highest BCUT2D eigenvalue weighted by molar-refractivity contribution is 9.09. The lowest BCUT2D eigenvalue weighted by Crippen LogP contribution is -2.24. The van der Waals surface area contributed by atoms with Gasteiger partial charge >= 0.3 is 13.8 Å². The van der Waals surface area contributed by atoms with Crippen molar-refractivity contribution in [2.75, 3.05) is 11.9 Å². The van der Waals surface area contributed by atoms with Gasteiger partial charge < -0.3 is 14.5 Å². The standard InChI is InChI=1S/C20H32BrO6P/c21-16-19(17-26-28(23,24)25)27-20(22)15-11-6-4-2-1-3-5-8-12-18-13-9-7-10-14-18/h7,9-10,13-14,19H,1-6,8,11-12,15-17H2,(H2,23,24,25)/t19-/m1/s1. The number of ether oxygens (including phenoxy) is 1. The van der Waals surface area contributed by atoms with Crippen LogP contribution < -0.4 is 0 Å². The van der Waals surface area contributed by atoms with Gasteiger partial charge in [0.2, 0.25) is 0 Å². The molecule has 1 rings (SSSR count). The minimum absolute atomic E-state index is 0.267. The van der Waals surface area contributed by atoms with Gasteiger partial charge in [-0.15, -0.1) is 0 Å². The highest BCUT2D eigenvalue weighted by Crippen LogP contribution is 2.36. The molecule has 28 heavy (non-hydrogen) atoms. The summed E-state index contributed by atoms with van der Waals surface area (Å²) >= 11 is 3.14. The number of hydrogen-bond acceptors (Lipinski definition) is 4. The second-order valence-corrected chi connectivity index (χ2v) is 8.75. The van der Waals surface area contributed by atoms with Crippen LogP contribution in [0.5, 0.6) is 0 Å². The molecule has 6 nitrogen and oxygen atoms in total. The van der Waals surface area contributed by atoms with E-state index in [1.54, 1.807) is 0 Å². The Labute approximate surface area is 176 Å². The van der Waals surface area contributed by atoms with Gasteiger partial charge in [-0.1, -0.05) is 84.8 Å². The lowest BCUT2D eigenvalue weighted by atomic mass is 10.0. The van der Waals surface area contributed by atoms with Crippen LogP contribution >= 0.6 is 23.8 Å². The predicted molar refractivity (Wildman–Crippen MR) is 113 cm³/mol. The summed E-state index contributed by atoms with van der Waals surface area (Å²) < 4.78 is 20.2. The molecule has 0 fully saturated rings. The third-order valence-electron chi connectivity index (χ3n) is 4.34. The van der Waals surface area contributed by atoms with Crippen LogP contribution in [0.2, 0.25) is 0 Å². The maximum Gasteiger partial charge on any atom is 0.469 e. The zero-order chi connectivity index (χ0) is 20.7. The second kappa shape index (κ2) is 15.2. The molecule has 0 aliphatic heterocycles. The summed E-state index contributed by atoms with van der Waals surface area (Å²) in [6.45, 7) is -0.328. The van der Waals surface area contributed by atoms with Crippen molar-refractivity contribution >= 4 is 29.7 Å². The largest absolute Gasteiger partial charge is 0.469 e. The van der Waals surface area contributed by atoms with Crippen molar-refractivity contribution in [1.29, 1.82) is 0 Å². The van der Waals surface area contributed by atoms with Crippen LogP contribution in [0.3, 0.4) is 0 Å². The number of benzene rings is 1. The number of halogens is 1. The first-order valence-corrected chi connectivity index (χ1v) is 12.6. The van der Waals surface area contributed by atoms with Crippen molar-refractivity contribution in [3.8, 4) is 0 Å². The minimum atomic E-state index is -4.55. The number of unbranched alkanes of at least 4 members (excludes halogenated alkanes) is 7. The Morgan fingerprint density at radius 2 is 1.54 bits per heavy atom. The predicted octanol–water partition coefficient (Wildman–Crippen LogP) is 5.16. The molecule has 8 heteroatoms. The molecule has 160 valence electrons. The Kier molecular flexibility index (Phi) is 13.7. The Balaban J connectivity index is 1.94. The molecule has 1 aromatic rings. The molecule has 0 heterocycles. The molecule has 0 unspecified atom stereocenters. The maximum atomic E-state index is 11.8. The lowest BCUT2D eigenvalue weighted by Gasteiger charge is -2.15. The van der Waals surface area contributed by atoms with Gasteiger partial charge in [-0.25, -0.2) is 4.57 Å². The topological polar surface area (TPSA) is 93.1 Å². The normalized spacial score (nSPS) is 12.7. The van der Waals surface area contributed by atoms with Gasteiger partial charge in [0.15, 0.2) is 0 Å². The van der Waals surface area contributed by atoms with Crippen LogP contribution in [0.15, 0.2) is 30.3 Å². The van der Waals surface area contributed by atoms with E-state index in [2.05, 4.69) is 44.7 Å². The van der Waals surface area contributed by atoms with Crippen LogP contribution in [0.4, 0.5) is 0 Å². The SMILES string of the molecule is O=C(CCCCCCCCCCc1ccccc1)O[C@H](CBr)COP(=O)(O)O. The number of aryl methyl sites for hydroxylation is 1. The Bertz CT molecular complexity index is 577. The fourth-order valence-electron chi connectivity index (χ4n) is 2.84. The van der Waals surface area contributed by atoms with E-state index >= 15 is 0 Å². The van der Waals surface area contributed by atoms with E-state index in [9.17, 15) is 9.36 Å². The van der Waals surface area contributed by atoms with Gasteiger partial charge in [-0.3, -0.25) is 9.32 Å². The summed E-state index contributed by atoms with van der Waals surface area (Å²) in [6, 6.07) is 10.6. The van der Waals surface area contributed by atoms with E-state index < -0.39 is 13.9 Å². The van der Waals surface area contributed by atoms with Crippen molar-refractivity contribution in [3.63, 3.8) is 0 Å². The van der Waals surface area contributed by atoms with Crippen molar-refractivity contribution in [1.82, 2.24) is 0 Å². The number of phosphoric ester groups is 1. The Morgan fingerprint density at radius 1 is 0.964 bits per heavy atom. The van der Waals surface area contributed by atoms with E-state index in [-0.39, 0.29) is 17.9 Å². The summed E-state index contributed by atoms with van der Waals surface area (Å²) in [7, 11) is -4.55. The molecule has 0 aromatic heterocycles. The second-order valence-electron chi connectivity index (χ2n) is 6.87. The zero-order valence-electron chi connectivity index (χ0n) is 16.3. The van der Waals surface area contributed by atoms with E-state index in [0.29, 0.717) is 6.42 Å². The molecule has 0 bridgehead atoms. The Morgan fingerprint density at radius 3 is 2.11 bits per heavy atom. The zero-order valence-corrected chi connectivity index (χ0v) is 18.8. The third-order valence-corrected chi connectivity index (χ3v) is 5.55. The molecule has 0 saturated heterocycles. The molecule has 0 spiro atoms. The van der Waals surface area contributed by atoms with Crippen LogP contribution in [0.1, 0.15) is 63.4 Å². The molecule has 0 saturated carbocycles. The monoisotopic (exact) mass is 478 g/mol.